The van der Waals surface area contributed by atoms with Crippen LogP contribution in [0.25, 0.3) is 0 Å². The van der Waals surface area contributed by atoms with Gasteiger partial charge >= 0.3 is 0 Å². The molecular formula is C16H17NO2. The minimum Gasteiger partial charge on any atom is -0.395 e. The molecule has 2 rings (SSSR count). The van der Waals surface area contributed by atoms with Crippen LogP contribution in [-0.4, -0.2) is 24.0 Å². The molecule has 3 nitrogen and oxygen atoms in total. The Morgan fingerprint density at radius 2 is 1.58 bits per heavy atom. The number of hydrogen-bond donors (Lipinski definition) is 2. The first-order chi connectivity index (χ1) is 9.33. The number of Topliss-reactive ketones (excluding diaryl/α,β-unsaturated/α-hetero) is 1. The normalized spacial score (nSPS) is 12.1. The third-order valence-electron chi connectivity index (χ3n) is 2.91. The van der Waals surface area contributed by atoms with Crippen molar-refractivity contribution in [2.24, 2.45) is 0 Å². The molecule has 0 saturated carbocycles. The number of aliphatic hydroxyl groups excluding tert-OH is 1. The van der Waals surface area contributed by atoms with Crippen LogP contribution in [0, 0.1) is 0 Å². The molecule has 0 spiro atoms. The van der Waals surface area contributed by atoms with Crippen molar-refractivity contribution in [2.75, 3.05) is 13.2 Å². The van der Waals surface area contributed by atoms with Crippen LogP contribution in [0.3, 0.4) is 0 Å². The van der Waals surface area contributed by atoms with Gasteiger partial charge in [0.25, 0.3) is 0 Å². The molecule has 0 amide bonds. The molecule has 0 aromatic heterocycles. The van der Waals surface area contributed by atoms with Gasteiger partial charge < -0.3 is 10.4 Å². The maximum absolute atomic E-state index is 12.5. The van der Waals surface area contributed by atoms with E-state index in [4.69, 9.17) is 5.11 Å². The predicted molar refractivity (Wildman–Crippen MR) is 75.0 cm³/mol. The van der Waals surface area contributed by atoms with Gasteiger partial charge in [0.2, 0.25) is 0 Å². The lowest BCUT2D eigenvalue weighted by atomic mass is 9.97. The molecule has 3 heteroatoms. The van der Waals surface area contributed by atoms with Gasteiger partial charge in [0, 0.05) is 12.1 Å². The van der Waals surface area contributed by atoms with Crippen LogP contribution in [0.1, 0.15) is 22.0 Å². The van der Waals surface area contributed by atoms with Gasteiger partial charge in [0.05, 0.1) is 12.6 Å². The van der Waals surface area contributed by atoms with E-state index in [1.54, 1.807) is 12.1 Å². The molecule has 0 fully saturated rings. The zero-order chi connectivity index (χ0) is 13.5. The molecule has 0 radical (unpaired) electrons. The number of aliphatic hydroxyl groups is 1. The molecule has 0 aliphatic carbocycles. The molecule has 0 heterocycles. The van der Waals surface area contributed by atoms with Crippen LogP contribution >= 0.6 is 0 Å². The summed E-state index contributed by atoms with van der Waals surface area (Å²) < 4.78 is 0. The van der Waals surface area contributed by atoms with E-state index in [1.807, 2.05) is 48.5 Å². The number of hydrogen-bond acceptors (Lipinski definition) is 3. The number of carbonyl (C=O) groups excluding carboxylic acids is 1. The van der Waals surface area contributed by atoms with Crippen molar-refractivity contribution >= 4 is 5.78 Å². The summed E-state index contributed by atoms with van der Waals surface area (Å²) >= 11 is 0. The third-order valence-corrected chi connectivity index (χ3v) is 2.91. The summed E-state index contributed by atoms with van der Waals surface area (Å²) in [4.78, 5) is 12.5. The summed E-state index contributed by atoms with van der Waals surface area (Å²) in [6, 6.07) is 18.3. The number of rotatable bonds is 6. The highest BCUT2D eigenvalue weighted by Crippen LogP contribution is 2.18. The van der Waals surface area contributed by atoms with E-state index in [1.165, 1.54) is 0 Å². The van der Waals surface area contributed by atoms with Gasteiger partial charge in [0.1, 0.15) is 0 Å². The van der Waals surface area contributed by atoms with E-state index < -0.39 is 6.04 Å². The molecule has 0 bridgehead atoms. The van der Waals surface area contributed by atoms with Crippen LogP contribution in [-0.2, 0) is 0 Å². The van der Waals surface area contributed by atoms with Crippen LogP contribution in [0.15, 0.2) is 60.7 Å². The fourth-order valence-electron chi connectivity index (χ4n) is 1.99. The molecule has 0 unspecified atom stereocenters. The van der Waals surface area contributed by atoms with Gasteiger partial charge in [-0.1, -0.05) is 60.7 Å². The van der Waals surface area contributed by atoms with Gasteiger partial charge in [0.15, 0.2) is 5.78 Å². The summed E-state index contributed by atoms with van der Waals surface area (Å²) in [5.41, 5.74) is 1.58. The first kappa shape index (κ1) is 13.5. The third kappa shape index (κ3) is 3.50. The molecule has 2 N–H and O–H groups in total. The highest BCUT2D eigenvalue weighted by atomic mass is 16.3. The topological polar surface area (TPSA) is 49.3 Å². The maximum atomic E-state index is 12.5. The average Bonchev–Trinajstić information content (AvgIpc) is 2.49. The minimum atomic E-state index is -0.421. The first-order valence-corrected chi connectivity index (χ1v) is 6.31. The second-order valence-electron chi connectivity index (χ2n) is 4.25. The monoisotopic (exact) mass is 255 g/mol. The van der Waals surface area contributed by atoms with Crippen molar-refractivity contribution in [3.63, 3.8) is 0 Å². The summed E-state index contributed by atoms with van der Waals surface area (Å²) in [6.07, 6.45) is 0. The zero-order valence-electron chi connectivity index (χ0n) is 10.6. The number of ketones is 1. The molecule has 0 aliphatic rings. The maximum Gasteiger partial charge on any atom is 0.184 e. The van der Waals surface area contributed by atoms with Gasteiger partial charge in [-0.15, -0.1) is 0 Å². The SMILES string of the molecule is O=C(c1ccccc1)[C@H](NCCO)c1ccccc1. The quantitative estimate of drug-likeness (QED) is 0.778. The Hall–Kier alpha value is -1.97. The highest BCUT2D eigenvalue weighted by Gasteiger charge is 2.20. The lowest BCUT2D eigenvalue weighted by Crippen LogP contribution is -2.30. The number of nitrogens with one attached hydrogen (secondary N) is 1. The molecule has 2 aromatic rings. The van der Waals surface area contributed by atoms with Crippen molar-refractivity contribution in [2.45, 2.75) is 6.04 Å². The van der Waals surface area contributed by atoms with E-state index in [0.29, 0.717) is 12.1 Å². The van der Waals surface area contributed by atoms with Crippen molar-refractivity contribution in [1.82, 2.24) is 5.32 Å². The average molecular weight is 255 g/mol. The molecule has 0 saturated heterocycles. The van der Waals surface area contributed by atoms with Crippen molar-refractivity contribution in [3.05, 3.63) is 71.8 Å². The number of carbonyl (C=O) groups is 1. The Balaban J connectivity index is 2.25. The fraction of sp³-hybridized carbons (Fsp3) is 0.188. The molecule has 2 aromatic carbocycles. The van der Waals surface area contributed by atoms with E-state index in [-0.39, 0.29) is 12.4 Å². The van der Waals surface area contributed by atoms with Crippen molar-refractivity contribution in [1.29, 1.82) is 0 Å². The highest BCUT2D eigenvalue weighted by molar-refractivity contribution is 6.00. The van der Waals surface area contributed by atoms with E-state index >= 15 is 0 Å². The largest absolute Gasteiger partial charge is 0.395 e. The molecular weight excluding hydrogens is 238 g/mol. The van der Waals surface area contributed by atoms with Gasteiger partial charge in [-0.25, -0.2) is 0 Å². The van der Waals surface area contributed by atoms with Gasteiger partial charge in [-0.05, 0) is 5.56 Å². The Kier molecular flexibility index (Phi) is 4.84. The summed E-state index contributed by atoms with van der Waals surface area (Å²) in [6.45, 7) is 0.392. The molecule has 1 atom stereocenters. The van der Waals surface area contributed by atoms with Gasteiger partial charge in [-0.3, -0.25) is 4.79 Å². The van der Waals surface area contributed by atoms with Crippen LogP contribution in [0.2, 0.25) is 0 Å². The van der Waals surface area contributed by atoms with Gasteiger partial charge in [-0.2, -0.15) is 0 Å². The standard InChI is InChI=1S/C16H17NO2/c18-12-11-17-15(13-7-3-1-4-8-13)16(19)14-9-5-2-6-10-14/h1-10,15,17-18H,11-12H2/t15-/m1/s1. The summed E-state index contributed by atoms with van der Waals surface area (Å²) in [5, 5.41) is 12.0. The van der Waals surface area contributed by atoms with E-state index in [2.05, 4.69) is 5.32 Å². The second kappa shape index (κ2) is 6.83. The Labute approximate surface area is 112 Å². The lowest BCUT2D eigenvalue weighted by molar-refractivity contribution is 0.0940. The van der Waals surface area contributed by atoms with Crippen molar-refractivity contribution < 1.29 is 9.90 Å². The van der Waals surface area contributed by atoms with Crippen LogP contribution < -0.4 is 5.32 Å². The van der Waals surface area contributed by atoms with E-state index in [9.17, 15) is 4.79 Å². The zero-order valence-corrected chi connectivity index (χ0v) is 10.6. The second-order valence-corrected chi connectivity index (χ2v) is 4.25. The minimum absolute atomic E-state index is 0.00536. The summed E-state index contributed by atoms with van der Waals surface area (Å²) in [5.74, 6) is 0.0141. The lowest BCUT2D eigenvalue weighted by Gasteiger charge is -2.17. The summed E-state index contributed by atoms with van der Waals surface area (Å²) in [7, 11) is 0. The first-order valence-electron chi connectivity index (χ1n) is 6.31. The molecule has 98 valence electrons. The molecule has 0 aliphatic heterocycles. The van der Waals surface area contributed by atoms with Crippen molar-refractivity contribution in [3.8, 4) is 0 Å². The molecule has 19 heavy (non-hydrogen) atoms. The Bertz CT molecular complexity index is 511. The fourth-order valence-corrected chi connectivity index (χ4v) is 1.99. The predicted octanol–water partition coefficient (Wildman–Crippen LogP) is 2.19. The Morgan fingerprint density at radius 1 is 1.00 bits per heavy atom. The smallest absolute Gasteiger partial charge is 0.184 e. The van der Waals surface area contributed by atoms with E-state index in [0.717, 1.165) is 5.56 Å². The Morgan fingerprint density at radius 3 is 2.16 bits per heavy atom. The number of benzene rings is 2. The van der Waals surface area contributed by atoms with Crippen LogP contribution in [0.4, 0.5) is 0 Å². The van der Waals surface area contributed by atoms with Crippen LogP contribution in [0.5, 0.6) is 0 Å².